The molecule has 6 nitrogen and oxygen atoms in total. The Hall–Kier alpha value is -3.15. The van der Waals surface area contributed by atoms with Crippen molar-refractivity contribution in [3.8, 4) is 5.69 Å². The summed E-state index contributed by atoms with van der Waals surface area (Å²) in [6.45, 7) is 1.82. The normalized spacial score (nSPS) is 11.3. The third kappa shape index (κ3) is 2.07. The van der Waals surface area contributed by atoms with Crippen molar-refractivity contribution >= 4 is 27.9 Å². The smallest absolute Gasteiger partial charge is 0.306 e. The third-order valence-corrected chi connectivity index (χ3v) is 3.89. The number of aromatic amines is 2. The lowest BCUT2D eigenvalue weighted by Crippen LogP contribution is -2.08. The number of hydrogen-bond donors (Lipinski definition) is 2. The number of ketones is 1. The van der Waals surface area contributed by atoms with Crippen molar-refractivity contribution in [3.63, 3.8) is 0 Å². The van der Waals surface area contributed by atoms with Gasteiger partial charge in [-0.15, -0.1) is 0 Å². The summed E-state index contributed by atoms with van der Waals surface area (Å²) in [5, 5.41) is 0. The summed E-state index contributed by atoms with van der Waals surface area (Å²) in [4.78, 5) is 33.7. The number of Topliss-reactive ketones (excluding diaryl/α,β-unsaturated/α-hetero) is 1. The van der Waals surface area contributed by atoms with E-state index in [0.29, 0.717) is 17.8 Å². The Morgan fingerprint density at radius 2 is 1.91 bits per heavy atom. The van der Waals surface area contributed by atoms with Crippen molar-refractivity contribution in [3.05, 3.63) is 58.8 Å². The van der Waals surface area contributed by atoms with Gasteiger partial charge in [0.1, 0.15) is 0 Å². The monoisotopic (exact) mass is 306 g/mol. The van der Waals surface area contributed by atoms with Crippen molar-refractivity contribution in [2.45, 2.75) is 13.3 Å². The second kappa shape index (κ2) is 4.95. The molecule has 4 aromatic rings. The fourth-order valence-corrected chi connectivity index (χ4v) is 2.79. The predicted octanol–water partition coefficient (Wildman–Crippen LogP) is 2.79. The molecular formula is C17H14N4O2. The first kappa shape index (κ1) is 13.5. The Kier molecular flexibility index (Phi) is 2.90. The van der Waals surface area contributed by atoms with Crippen LogP contribution >= 0.6 is 0 Å². The van der Waals surface area contributed by atoms with Crippen LogP contribution in [-0.4, -0.2) is 25.3 Å². The zero-order valence-corrected chi connectivity index (χ0v) is 12.5. The standard InChI is InChI=1S/C17H14N4O2/c1-2-15(22)16-18-12-5-3-4-6-14(12)21(16)10-7-8-11-13(9-10)20-17(23)19-11/h3-9H,2H2,1H3,(H2,19,20,23). The van der Waals surface area contributed by atoms with Gasteiger partial charge in [0.25, 0.3) is 0 Å². The van der Waals surface area contributed by atoms with Gasteiger partial charge in [0.05, 0.1) is 27.8 Å². The maximum absolute atomic E-state index is 12.3. The molecule has 0 spiro atoms. The molecule has 2 aromatic carbocycles. The minimum atomic E-state index is -0.252. The predicted molar refractivity (Wildman–Crippen MR) is 88.2 cm³/mol. The lowest BCUT2D eigenvalue weighted by Gasteiger charge is -2.08. The van der Waals surface area contributed by atoms with E-state index in [9.17, 15) is 9.59 Å². The molecule has 0 aliphatic rings. The Labute approximate surface area is 130 Å². The number of imidazole rings is 2. The Morgan fingerprint density at radius 1 is 1.13 bits per heavy atom. The number of para-hydroxylation sites is 2. The maximum atomic E-state index is 12.3. The van der Waals surface area contributed by atoms with E-state index in [-0.39, 0.29) is 11.5 Å². The van der Waals surface area contributed by atoms with E-state index in [2.05, 4.69) is 15.0 Å². The van der Waals surface area contributed by atoms with Crippen molar-refractivity contribution < 1.29 is 4.79 Å². The average molecular weight is 306 g/mol. The highest BCUT2D eigenvalue weighted by Gasteiger charge is 2.17. The first-order valence-corrected chi connectivity index (χ1v) is 7.40. The first-order valence-electron chi connectivity index (χ1n) is 7.40. The lowest BCUT2D eigenvalue weighted by molar-refractivity contribution is 0.0977. The number of carbonyl (C=O) groups is 1. The van der Waals surface area contributed by atoms with E-state index in [1.165, 1.54) is 0 Å². The van der Waals surface area contributed by atoms with Crippen LogP contribution in [0.25, 0.3) is 27.8 Å². The van der Waals surface area contributed by atoms with Gasteiger partial charge in [-0.25, -0.2) is 9.78 Å². The van der Waals surface area contributed by atoms with Crippen LogP contribution in [-0.2, 0) is 0 Å². The van der Waals surface area contributed by atoms with Crippen LogP contribution in [0.15, 0.2) is 47.3 Å². The maximum Gasteiger partial charge on any atom is 0.323 e. The molecule has 2 heterocycles. The molecule has 0 fully saturated rings. The number of carbonyl (C=O) groups excluding carboxylic acids is 1. The molecule has 0 unspecified atom stereocenters. The van der Waals surface area contributed by atoms with Crippen molar-refractivity contribution in [1.29, 1.82) is 0 Å². The van der Waals surface area contributed by atoms with E-state index in [0.717, 1.165) is 22.2 Å². The van der Waals surface area contributed by atoms with Gasteiger partial charge in [0, 0.05) is 6.42 Å². The minimum Gasteiger partial charge on any atom is -0.306 e. The van der Waals surface area contributed by atoms with Gasteiger partial charge in [-0.1, -0.05) is 19.1 Å². The highest BCUT2D eigenvalue weighted by molar-refractivity contribution is 5.97. The molecule has 0 atom stereocenters. The zero-order valence-electron chi connectivity index (χ0n) is 12.5. The van der Waals surface area contributed by atoms with Crippen LogP contribution in [0.1, 0.15) is 24.0 Å². The second-order valence-electron chi connectivity index (χ2n) is 5.35. The molecule has 0 amide bonds. The highest BCUT2D eigenvalue weighted by Crippen LogP contribution is 2.24. The topological polar surface area (TPSA) is 83.5 Å². The number of fused-ring (bicyclic) bond motifs is 2. The molecule has 2 N–H and O–H groups in total. The minimum absolute atomic E-state index is 0.0242. The number of nitrogens with zero attached hydrogens (tertiary/aromatic N) is 2. The number of aromatic nitrogens is 4. The fraction of sp³-hybridized carbons (Fsp3) is 0.118. The van der Waals surface area contributed by atoms with E-state index in [1.807, 2.05) is 54.0 Å². The molecule has 6 heteroatoms. The molecule has 23 heavy (non-hydrogen) atoms. The van der Waals surface area contributed by atoms with Gasteiger partial charge in [0.2, 0.25) is 0 Å². The van der Waals surface area contributed by atoms with E-state index >= 15 is 0 Å². The van der Waals surface area contributed by atoms with E-state index < -0.39 is 0 Å². The van der Waals surface area contributed by atoms with Crippen LogP contribution < -0.4 is 5.69 Å². The summed E-state index contributed by atoms with van der Waals surface area (Å²) >= 11 is 0. The molecule has 0 radical (unpaired) electrons. The van der Waals surface area contributed by atoms with Crippen LogP contribution in [0, 0.1) is 0 Å². The van der Waals surface area contributed by atoms with Crippen LogP contribution in [0.5, 0.6) is 0 Å². The van der Waals surface area contributed by atoms with Gasteiger partial charge in [-0.05, 0) is 30.3 Å². The van der Waals surface area contributed by atoms with Gasteiger partial charge in [-0.3, -0.25) is 9.36 Å². The molecule has 114 valence electrons. The Bertz CT molecular complexity index is 1100. The summed E-state index contributed by atoms with van der Waals surface area (Å²) in [5.74, 6) is 0.384. The van der Waals surface area contributed by atoms with E-state index in [4.69, 9.17) is 0 Å². The molecule has 0 aliphatic carbocycles. The Balaban J connectivity index is 2.05. The highest BCUT2D eigenvalue weighted by atomic mass is 16.1. The molecule has 0 saturated carbocycles. The van der Waals surface area contributed by atoms with Crippen molar-refractivity contribution in [1.82, 2.24) is 19.5 Å². The van der Waals surface area contributed by atoms with Gasteiger partial charge in [0.15, 0.2) is 11.6 Å². The summed E-state index contributed by atoms with van der Waals surface area (Å²) in [7, 11) is 0. The number of nitrogens with one attached hydrogen (secondary N) is 2. The van der Waals surface area contributed by atoms with Gasteiger partial charge >= 0.3 is 5.69 Å². The van der Waals surface area contributed by atoms with Crippen LogP contribution in [0.3, 0.4) is 0 Å². The molecular weight excluding hydrogens is 292 g/mol. The van der Waals surface area contributed by atoms with Crippen LogP contribution in [0.2, 0.25) is 0 Å². The quantitative estimate of drug-likeness (QED) is 0.571. The first-order chi connectivity index (χ1) is 11.2. The summed E-state index contributed by atoms with van der Waals surface area (Å²) in [6, 6.07) is 13.1. The fourth-order valence-electron chi connectivity index (χ4n) is 2.79. The summed E-state index contributed by atoms with van der Waals surface area (Å²) < 4.78 is 1.84. The zero-order chi connectivity index (χ0) is 16.0. The van der Waals surface area contributed by atoms with Crippen molar-refractivity contribution in [2.75, 3.05) is 0 Å². The van der Waals surface area contributed by atoms with E-state index in [1.54, 1.807) is 0 Å². The van der Waals surface area contributed by atoms with Gasteiger partial charge < -0.3 is 9.97 Å². The third-order valence-electron chi connectivity index (χ3n) is 3.89. The van der Waals surface area contributed by atoms with Gasteiger partial charge in [-0.2, -0.15) is 0 Å². The summed E-state index contributed by atoms with van der Waals surface area (Å²) in [6.07, 6.45) is 0.382. The van der Waals surface area contributed by atoms with Crippen molar-refractivity contribution in [2.24, 2.45) is 0 Å². The molecule has 0 bridgehead atoms. The molecule has 4 rings (SSSR count). The van der Waals surface area contributed by atoms with Crippen LogP contribution in [0.4, 0.5) is 0 Å². The molecule has 0 aliphatic heterocycles. The SMILES string of the molecule is CCC(=O)c1nc2ccccc2n1-c1ccc2[nH]c(=O)[nH]c2c1. The molecule has 0 saturated heterocycles. The number of benzene rings is 2. The number of hydrogen-bond acceptors (Lipinski definition) is 3. The largest absolute Gasteiger partial charge is 0.323 e. The lowest BCUT2D eigenvalue weighted by atomic mass is 10.2. The second-order valence-corrected chi connectivity index (χ2v) is 5.35. The molecule has 2 aromatic heterocycles. The number of H-pyrrole nitrogens is 2. The number of rotatable bonds is 3. The Morgan fingerprint density at radius 3 is 2.74 bits per heavy atom. The summed E-state index contributed by atoms with van der Waals surface area (Å²) in [5.41, 5.74) is 3.59. The average Bonchev–Trinajstić information content (AvgIpc) is 3.12.